The summed E-state index contributed by atoms with van der Waals surface area (Å²) in [4.78, 5) is 0. The SMILES string of the molecule is COc1cc(C)ccc1C1(CN)CC(F)(F)C1. The van der Waals surface area contributed by atoms with E-state index >= 15 is 0 Å². The molecule has 2 nitrogen and oxygen atoms in total. The first-order valence-electron chi connectivity index (χ1n) is 5.65. The van der Waals surface area contributed by atoms with Crippen molar-refractivity contribution < 1.29 is 13.5 Å². The van der Waals surface area contributed by atoms with Crippen LogP contribution in [0.4, 0.5) is 8.78 Å². The van der Waals surface area contributed by atoms with Gasteiger partial charge in [0.2, 0.25) is 5.92 Å². The van der Waals surface area contributed by atoms with Gasteiger partial charge in [0.15, 0.2) is 0 Å². The summed E-state index contributed by atoms with van der Waals surface area (Å²) in [6.45, 7) is 2.17. The molecule has 1 fully saturated rings. The number of methoxy groups -OCH3 is 1. The summed E-state index contributed by atoms with van der Waals surface area (Å²) in [5.74, 6) is -1.93. The number of rotatable bonds is 3. The molecule has 1 aromatic carbocycles. The number of nitrogens with two attached hydrogens (primary N) is 1. The van der Waals surface area contributed by atoms with Gasteiger partial charge in [-0.3, -0.25) is 0 Å². The Morgan fingerprint density at radius 2 is 2.00 bits per heavy atom. The lowest BCUT2D eigenvalue weighted by Crippen LogP contribution is -2.53. The van der Waals surface area contributed by atoms with E-state index in [1.54, 1.807) is 7.11 Å². The Hall–Kier alpha value is -1.16. The van der Waals surface area contributed by atoms with E-state index in [2.05, 4.69) is 0 Å². The van der Waals surface area contributed by atoms with Crippen molar-refractivity contribution in [3.05, 3.63) is 29.3 Å². The van der Waals surface area contributed by atoms with Gasteiger partial charge in [-0.05, 0) is 18.6 Å². The third-order valence-electron chi connectivity index (χ3n) is 3.51. The van der Waals surface area contributed by atoms with Crippen LogP contribution in [0.2, 0.25) is 0 Å². The zero-order chi connectivity index (χ0) is 12.7. The standard InChI is InChI=1S/C13H17F2NO/c1-9-3-4-10(11(5-9)17-2)12(8-16)6-13(14,15)7-12/h3-5H,6-8,16H2,1-2H3. The lowest BCUT2D eigenvalue weighted by Gasteiger charge is -2.47. The zero-order valence-electron chi connectivity index (χ0n) is 10.1. The molecule has 1 aromatic rings. The van der Waals surface area contributed by atoms with E-state index < -0.39 is 11.3 Å². The predicted molar refractivity (Wildman–Crippen MR) is 62.6 cm³/mol. The molecule has 0 heterocycles. The quantitative estimate of drug-likeness (QED) is 0.883. The maximum Gasteiger partial charge on any atom is 0.250 e. The van der Waals surface area contributed by atoms with Gasteiger partial charge in [-0.25, -0.2) is 8.78 Å². The van der Waals surface area contributed by atoms with E-state index in [0.29, 0.717) is 5.75 Å². The molecule has 94 valence electrons. The van der Waals surface area contributed by atoms with Crippen molar-refractivity contribution in [3.63, 3.8) is 0 Å². The minimum absolute atomic E-state index is 0.185. The summed E-state index contributed by atoms with van der Waals surface area (Å²) in [6.07, 6.45) is -0.369. The molecule has 0 spiro atoms. The van der Waals surface area contributed by atoms with Crippen molar-refractivity contribution in [2.45, 2.75) is 31.1 Å². The average Bonchev–Trinajstić information content (AvgIpc) is 2.25. The summed E-state index contributed by atoms with van der Waals surface area (Å²) in [6, 6.07) is 5.63. The van der Waals surface area contributed by atoms with E-state index in [-0.39, 0.29) is 19.4 Å². The summed E-state index contributed by atoms with van der Waals surface area (Å²) < 4.78 is 31.5. The Kier molecular flexibility index (Phi) is 2.86. The molecule has 1 aliphatic carbocycles. The van der Waals surface area contributed by atoms with Crippen molar-refractivity contribution in [2.24, 2.45) is 5.73 Å². The fraction of sp³-hybridized carbons (Fsp3) is 0.538. The number of halogens is 2. The van der Waals surface area contributed by atoms with E-state index in [4.69, 9.17) is 10.5 Å². The van der Waals surface area contributed by atoms with Crippen molar-refractivity contribution in [2.75, 3.05) is 13.7 Å². The maximum atomic E-state index is 13.1. The van der Waals surface area contributed by atoms with Crippen LogP contribution in [0.1, 0.15) is 24.0 Å². The van der Waals surface area contributed by atoms with E-state index in [1.165, 1.54) is 0 Å². The number of ether oxygens (including phenoxy) is 1. The van der Waals surface area contributed by atoms with Crippen LogP contribution in [0.25, 0.3) is 0 Å². The van der Waals surface area contributed by atoms with Gasteiger partial charge in [0.1, 0.15) is 5.75 Å². The Morgan fingerprint density at radius 3 is 2.47 bits per heavy atom. The zero-order valence-corrected chi connectivity index (χ0v) is 10.1. The van der Waals surface area contributed by atoms with Crippen LogP contribution in [0.15, 0.2) is 18.2 Å². The van der Waals surface area contributed by atoms with Gasteiger partial charge < -0.3 is 10.5 Å². The first-order chi connectivity index (χ1) is 7.92. The van der Waals surface area contributed by atoms with Crippen molar-refractivity contribution >= 4 is 0 Å². The van der Waals surface area contributed by atoms with Crippen molar-refractivity contribution in [1.82, 2.24) is 0 Å². The second kappa shape index (κ2) is 3.95. The molecule has 0 aromatic heterocycles. The van der Waals surface area contributed by atoms with Crippen LogP contribution in [-0.2, 0) is 5.41 Å². The molecule has 2 rings (SSSR count). The molecule has 0 unspecified atom stereocenters. The van der Waals surface area contributed by atoms with Gasteiger partial charge in [-0.1, -0.05) is 12.1 Å². The minimum Gasteiger partial charge on any atom is -0.496 e. The maximum absolute atomic E-state index is 13.1. The number of benzene rings is 1. The van der Waals surface area contributed by atoms with Crippen LogP contribution in [-0.4, -0.2) is 19.6 Å². The molecule has 0 saturated heterocycles. The van der Waals surface area contributed by atoms with Crippen molar-refractivity contribution in [3.8, 4) is 5.75 Å². The van der Waals surface area contributed by atoms with Gasteiger partial charge >= 0.3 is 0 Å². The predicted octanol–water partition coefficient (Wildman–Crippen LogP) is 2.63. The molecule has 0 atom stereocenters. The molecule has 0 amide bonds. The lowest BCUT2D eigenvalue weighted by molar-refractivity contribution is -0.124. The van der Waals surface area contributed by atoms with Crippen LogP contribution < -0.4 is 10.5 Å². The molecule has 4 heteroatoms. The normalized spacial score (nSPS) is 20.8. The first kappa shape index (κ1) is 12.3. The Labute approximate surface area is 99.8 Å². The van der Waals surface area contributed by atoms with Gasteiger partial charge in [0, 0.05) is 30.4 Å². The topological polar surface area (TPSA) is 35.2 Å². The highest BCUT2D eigenvalue weighted by atomic mass is 19.3. The third kappa shape index (κ3) is 2.02. The highest BCUT2D eigenvalue weighted by Gasteiger charge is 2.57. The molecule has 2 N–H and O–H groups in total. The van der Waals surface area contributed by atoms with E-state index in [9.17, 15) is 8.78 Å². The lowest BCUT2D eigenvalue weighted by atomic mass is 9.62. The molecule has 0 aliphatic heterocycles. The average molecular weight is 241 g/mol. The van der Waals surface area contributed by atoms with Gasteiger partial charge in [-0.15, -0.1) is 0 Å². The Morgan fingerprint density at radius 1 is 1.35 bits per heavy atom. The highest BCUT2D eigenvalue weighted by Crippen LogP contribution is 2.54. The molecule has 0 radical (unpaired) electrons. The van der Waals surface area contributed by atoms with Gasteiger partial charge in [-0.2, -0.15) is 0 Å². The number of aryl methyl sites for hydroxylation is 1. The fourth-order valence-electron chi connectivity index (χ4n) is 2.62. The second-order valence-electron chi connectivity index (χ2n) is 4.90. The van der Waals surface area contributed by atoms with E-state index in [1.807, 2.05) is 25.1 Å². The number of alkyl halides is 2. The minimum atomic E-state index is -2.59. The van der Waals surface area contributed by atoms with Gasteiger partial charge in [0.05, 0.1) is 7.11 Å². The first-order valence-corrected chi connectivity index (χ1v) is 5.65. The molecule has 0 bridgehead atoms. The fourth-order valence-corrected chi connectivity index (χ4v) is 2.62. The molecule has 1 saturated carbocycles. The smallest absolute Gasteiger partial charge is 0.250 e. The Balaban J connectivity index is 2.39. The molecule has 17 heavy (non-hydrogen) atoms. The van der Waals surface area contributed by atoms with Crippen LogP contribution >= 0.6 is 0 Å². The van der Waals surface area contributed by atoms with Crippen LogP contribution in [0.3, 0.4) is 0 Å². The molecule has 1 aliphatic rings. The van der Waals surface area contributed by atoms with Crippen molar-refractivity contribution in [1.29, 1.82) is 0 Å². The monoisotopic (exact) mass is 241 g/mol. The molecular weight excluding hydrogens is 224 g/mol. The third-order valence-corrected chi connectivity index (χ3v) is 3.51. The van der Waals surface area contributed by atoms with Gasteiger partial charge in [0.25, 0.3) is 0 Å². The molecular formula is C13H17F2NO. The highest BCUT2D eigenvalue weighted by molar-refractivity contribution is 5.45. The summed E-state index contributed by atoms with van der Waals surface area (Å²) in [5, 5.41) is 0. The van der Waals surface area contributed by atoms with Crippen LogP contribution in [0.5, 0.6) is 5.75 Å². The largest absolute Gasteiger partial charge is 0.496 e. The summed E-state index contributed by atoms with van der Waals surface area (Å²) >= 11 is 0. The second-order valence-corrected chi connectivity index (χ2v) is 4.90. The van der Waals surface area contributed by atoms with Crippen LogP contribution in [0, 0.1) is 6.92 Å². The Bertz CT molecular complexity index is 423. The number of hydrogen-bond donors (Lipinski definition) is 1. The summed E-state index contributed by atoms with van der Waals surface area (Å²) in [5.41, 5.74) is 6.92. The number of hydrogen-bond acceptors (Lipinski definition) is 2. The van der Waals surface area contributed by atoms with E-state index in [0.717, 1.165) is 11.1 Å². The summed E-state index contributed by atoms with van der Waals surface area (Å²) in [7, 11) is 1.55.